The van der Waals surface area contributed by atoms with Crippen LogP contribution in [0.3, 0.4) is 0 Å². The summed E-state index contributed by atoms with van der Waals surface area (Å²) in [5.74, 6) is -0.336. The van der Waals surface area contributed by atoms with Gasteiger partial charge >= 0.3 is 0 Å². The highest BCUT2D eigenvalue weighted by atomic mass is 35.5. The molecule has 0 unspecified atom stereocenters. The zero-order valence-electron chi connectivity index (χ0n) is 14.2. The molecule has 3 amide bonds. The van der Waals surface area contributed by atoms with Gasteiger partial charge in [-0.3, -0.25) is 14.4 Å². The second-order valence-corrected chi connectivity index (χ2v) is 6.33. The molecule has 1 saturated heterocycles. The quantitative estimate of drug-likeness (QED) is 0.832. The van der Waals surface area contributed by atoms with Crippen molar-refractivity contribution in [2.45, 2.75) is 20.8 Å². The summed E-state index contributed by atoms with van der Waals surface area (Å²) in [4.78, 5) is 40.6. The smallest absolute Gasteiger partial charge is 0.242 e. The van der Waals surface area contributed by atoms with Crippen molar-refractivity contribution in [3.05, 3.63) is 28.8 Å². The maximum Gasteiger partial charge on any atom is 0.242 e. The van der Waals surface area contributed by atoms with Crippen LogP contribution in [0.5, 0.6) is 0 Å². The van der Waals surface area contributed by atoms with Crippen LogP contribution in [0.15, 0.2) is 18.2 Å². The summed E-state index contributed by atoms with van der Waals surface area (Å²) in [6.45, 7) is 6.82. The molecule has 1 aromatic rings. The predicted octanol–water partition coefficient (Wildman–Crippen LogP) is 1.69. The van der Waals surface area contributed by atoms with Crippen molar-refractivity contribution in [2.24, 2.45) is 0 Å². The summed E-state index contributed by atoms with van der Waals surface area (Å²) >= 11 is 6.12. The fraction of sp³-hybridized carbons (Fsp3) is 0.471. The van der Waals surface area contributed by atoms with Gasteiger partial charge in [-0.25, -0.2) is 0 Å². The van der Waals surface area contributed by atoms with E-state index in [-0.39, 0.29) is 24.3 Å². The van der Waals surface area contributed by atoms with E-state index in [0.29, 0.717) is 36.9 Å². The highest BCUT2D eigenvalue weighted by molar-refractivity contribution is 6.31. The van der Waals surface area contributed by atoms with Crippen LogP contribution in [-0.2, 0) is 14.4 Å². The molecule has 0 saturated carbocycles. The van der Waals surface area contributed by atoms with Crippen molar-refractivity contribution in [1.82, 2.24) is 9.80 Å². The molecular formula is C17H22ClN3O3. The van der Waals surface area contributed by atoms with E-state index in [1.165, 1.54) is 18.7 Å². The molecule has 0 N–H and O–H groups in total. The zero-order chi connectivity index (χ0) is 17.9. The number of aryl methyl sites for hydroxylation is 1. The van der Waals surface area contributed by atoms with Crippen molar-refractivity contribution >= 4 is 35.0 Å². The first-order valence-electron chi connectivity index (χ1n) is 7.87. The minimum absolute atomic E-state index is 0.0155. The van der Waals surface area contributed by atoms with Gasteiger partial charge in [0.2, 0.25) is 17.7 Å². The topological polar surface area (TPSA) is 60.9 Å². The van der Waals surface area contributed by atoms with Crippen LogP contribution in [-0.4, -0.2) is 60.2 Å². The lowest BCUT2D eigenvalue weighted by Crippen LogP contribution is -2.52. The monoisotopic (exact) mass is 351 g/mol. The van der Waals surface area contributed by atoms with Crippen LogP contribution in [0.1, 0.15) is 19.4 Å². The predicted molar refractivity (Wildman–Crippen MR) is 93.1 cm³/mol. The number of nitrogens with zero attached hydrogens (tertiary/aromatic N) is 3. The first kappa shape index (κ1) is 18.3. The van der Waals surface area contributed by atoms with Gasteiger partial charge in [-0.2, -0.15) is 0 Å². The van der Waals surface area contributed by atoms with Crippen molar-refractivity contribution < 1.29 is 14.4 Å². The molecule has 0 bridgehead atoms. The molecule has 0 spiro atoms. The Labute approximate surface area is 147 Å². The SMILES string of the molecule is CC(=O)N1CCN(C(=O)CN(C(C)=O)c2ccc(C)c(Cl)c2)CC1. The molecule has 0 atom stereocenters. The lowest BCUT2D eigenvalue weighted by atomic mass is 10.2. The third-order valence-electron chi connectivity index (χ3n) is 4.22. The molecule has 0 radical (unpaired) electrons. The van der Waals surface area contributed by atoms with Gasteiger partial charge in [0.15, 0.2) is 0 Å². The molecule has 2 rings (SSSR count). The lowest BCUT2D eigenvalue weighted by Gasteiger charge is -2.35. The second-order valence-electron chi connectivity index (χ2n) is 5.93. The number of anilines is 1. The number of carbonyl (C=O) groups excluding carboxylic acids is 3. The third kappa shape index (κ3) is 4.26. The first-order chi connectivity index (χ1) is 11.3. The van der Waals surface area contributed by atoms with E-state index in [2.05, 4.69) is 0 Å². The van der Waals surface area contributed by atoms with Gasteiger partial charge in [0.1, 0.15) is 6.54 Å². The number of amides is 3. The first-order valence-corrected chi connectivity index (χ1v) is 8.25. The maximum atomic E-state index is 12.5. The summed E-state index contributed by atoms with van der Waals surface area (Å²) in [6, 6.07) is 5.30. The van der Waals surface area contributed by atoms with Gasteiger partial charge in [-0.05, 0) is 24.6 Å². The van der Waals surface area contributed by atoms with Crippen LogP contribution >= 0.6 is 11.6 Å². The third-order valence-corrected chi connectivity index (χ3v) is 4.63. The van der Waals surface area contributed by atoms with E-state index in [1.807, 2.05) is 13.0 Å². The van der Waals surface area contributed by atoms with Crippen LogP contribution < -0.4 is 4.90 Å². The van der Waals surface area contributed by atoms with E-state index < -0.39 is 0 Å². The number of rotatable bonds is 3. The van der Waals surface area contributed by atoms with E-state index in [1.54, 1.807) is 21.9 Å². The molecule has 1 fully saturated rings. The highest BCUT2D eigenvalue weighted by Crippen LogP contribution is 2.23. The minimum Gasteiger partial charge on any atom is -0.339 e. The van der Waals surface area contributed by atoms with Crippen LogP contribution in [0.4, 0.5) is 5.69 Å². The van der Waals surface area contributed by atoms with Crippen molar-refractivity contribution in [2.75, 3.05) is 37.6 Å². The fourth-order valence-corrected chi connectivity index (χ4v) is 2.81. The summed E-state index contributed by atoms with van der Waals surface area (Å²) < 4.78 is 0. The van der Waals surface area contributed by atoms with Crippen molar-refractivity contribution in [1.29, 1.82) is 0 Å². The Morgan fingerprint density at radius 1 is 1.08 bits per heavy atom. The minimum atomic E-state index is -0.217. The van der Waals surface area contributed by atoms with Gasteiger partial charge in [-0.1, -0.05) is 17.7 Å². The van der Waals surface area contributed by atoms with Crippen LogP contribution in [0.25, 0.3) is 0 Å². The molecule has 6 nitrogen and oxygen atoms in total. The average Bonchev–Trinajstić information content (AvgIpc) is 2.55. The summed E-state index contributed by atoms with van der Waals surface area (Å²) in [7, 11) is 0. The Balaban J connectivity index is 2.05. The van der Waals surface area contributed by atoms with E-state index in [0.717, 1.165) is 5.56 Å². The number of benzene rings is 1. The van der Waals surface area contributed by atoms with Gasteiger partial charge in [0, 0.05) is 50.7 Å². The van der Waals surface area contributed by atoms with Gasteiger partial charge in [0.25, 0.3) is 0 Å². The molecule has 130 valence electrons. The van der Waals surface area contributed by atoms with E-state index in [4.69, 9.17) is 11.6 Å². The van der Waals surface area contributed by atoms with Crippen LogP contribution in [0.2, 0.25) is 5.02 Å². The van der Waals surface area contributed by atoms with Gasteiger partial charge in [0.05, 0.1) is 0 Å². The summed E-state index contributed by atoms with van der Waals surface area (Å²) in [5.41, 5.74) is 1.52. The van der Waals surface area contributed by atoms with E-state index in [9.17, 15) is 14.4 Å². The largest absolute Gasteiger partial charge is 0.339 e. The molecule has 7 heteroatoms. The standard InChI is InChI=1S/C17H22ClN3O3/c1-12-4-5-15(10-16(12)18)21(14(3)23)11-17(24)20-8-6-19(7-9-20)13(2)22/h4-5,10H,6-9,11H2,1-3H3. The lowest BCUT2D eigenvalue weighted by molar-refractivity contribution is -0.137. The highest BCUT2D eigenvalue weighted by Gasteiger charge is 2.25. The molecule has 0 aromatic heterocycles. The molecule has 0 aliphatic carbocycles. The second kappa shape index (κ2) is 7.66. The molecule has 1 heterocycles. The molecule has 24 heavy (non-hydrogen) atoms. The number of hydrogen-bond donors (Lipinski definition) is 0. The number of carbonyl (C=O) groups is 3. The van der Waals surface area contributed by atoms with Crippen LogP contribution in [0, 0.1) is 6.92 Å². The Morgan fingerprint density at radius 3 is 2.17 bits per heavy atom. The normalized spacial score (nSPS) is 14.5. The molecule has 1 aliphatic rings. The number of halogens is 1. The summed E-state index contributed by atoms with van der Waals surface area (Å²) in [5, 5.41) is 0.557. The Bertz CT molecular complexity index is 654. The van der Waals surface area contributed by atoms with E-state index >= 15 is 0 Å². The number of piperazine rings is 1. The van der Waals surface area contributed by atoms with Gasteiger partial charge < -0.3 is 14.7 Å². The fourth-order valence-electron chi connectivity index (χ4n) is 2.64. The van der Waals surface area contributed by atoms with Crippen molar-refractivity contribution in [3.8, 4) is 0 Å². The molecular weight excluding hydrogens is 330 g/mol. The molecule has 1 aromatic carbocycles. The van der Waals surface area contributed by atoms with Gasteiger partial charge in [-0.15, -0.1) is 0 Å². The average molecular weight is 352 g/mol. The van der Waals surface area contributed by atoms with Crippen molar-refractivity contribution in [3.63, 3.8) is 0 Å². The summed E-state index contributed by atoms with van der Waals surface area (Å²) in [6.07, 6.45) is 0. The zero-order valence-corrected chi connectivity index (χ0v) is 15.0. The Morgan fingerprint density at radius 2 is 1.67 bits per heavy atom. The number of hydrogen-bond acceptors (Lipinski definition) is 3. The Hall–Kier alpha value is -2.08. The Kier molecular flexibility index (Phi) is 5.83. The molecule has 1 aliphatic heterocycles. The maximum absolute atomic E-state index is 12.5.